The van der Waals surface area contributed by atoms with Gasteiger partial charge in [-0.3, -0.25) is 14.5 Å². The van der Waals surface area contributed by atoms with Gasteiger partial charge in [0, 0.05) is 29.9 Å². The molecule has 2 heterocycles. The van der Waals surface area contributed by atoms with Crippen LogP contribution in [0.15, 0.2) is 95.4 Å². The molecule has 1 aliphatic carbocycles. The molecular weight excluding hydrogens is 516 g/mol. The van der Waals surface area contributed by atoms with E-state index in [4.69, 9.17) is 4.74 Å². The van der Waals surface area contributed by atoms with Gasteiger partial charge in [0.25, 0.3) is 10.0 Å². The van der Waals surface area contributed by atoms with Gasteiger partial charge in [0.05, 0.1) is 5.57 Å². The van der Waals surface area contributed by atoms with E-state index in [1.165, 1.54) is 24.5 Å². The molecule has 8 nitrogen and oxygen atoms in total. The van der Waals surface area contributed by atoms with Gasteiger partial charge in [0.2, 0.25) is 5.78 Å². The number of nitrogens with one attached hydrogen (secondary N) is 1. The summed E-state index contributed by atoms with van der Waals surface area (Å²) in [6, 6.07) is 19.3. The largest absolute Gasteiger partial charge is 0.504 e. The molecule has 2 aliphatic rings. The Labute approximate surface area is 227 Å². The number of carbonyl (C=O) groups excluding carboxylic acids is 2. The first-order valence-electron chi connectivity index (χ1n) is 13.0. The maximum Gasteiger partial charge on any atom is 0.339 e. The van der Waals surface area contributed by atoms with Crippen LogP contribution < -0.4 is 4.72 Å². The lowest BCUT2D eigenvalue weighted by atomic mass is 9.81. The van der Waals surface area contributed by atoms with E-state index in [0.29, 0.717) is 24.1 Å². The maximum absolute atomic E-state index is 13.4. The Morgan fingerprint density at radius 2 is 1.82 bits per heavy atom. The summed E-state index contributed by atoms with van der Waals surface area (Å²) >= 11 is 0. The van der Waals surface area contributed by atoms with Crippen molar-refractivity contribution in [1.29, 1.82) is 0 Å². The molecule has 9 heteroatoms. The van der Waals surface area contributed by atoms with E-state index in [1.807, 2.05) is 37.3 Å². The highest BCUT2D eigenvalue weighted by atomic mass is 32.2. The van der Waals surface area contributed by atoms with Crippen molar-refractivity contribution >= 4 is 27.5 Å². The summed E-state index contributed by atoms with van der Waals surface area (Å²) in [6.07, 6.45) is 4.42. The lowest BCUT2D eigenvalue weighted by molar-refractivity contribution is -0.158. The first-order chi connectivity index (χ1) is 18.8. The number of hydrogen-bond donors (Lipinski definition) is 2. The molecule has 1 fully saturated rings. The summed E-state index contributed by atoms with van der Waals surface area (Å²) < 4.78 is 33.9. The lowest BCUT2D eigenvalue weighted by Crippen LogP contribution is -2.42. The summed E-state index contributed by atoms with van der Waals surface area (Å²) in [5.74, 6) is -2.71. The van der Waals surface area contributed by atoms with Crippen molar-refractivity contribution in [3.63, 3.8) is 0 Å². The van der Waals surface area contributed by atoms with Crippen LogP contribution in [-0.4, -0.2) is 36.4 Å². The Kier molecular flexibility index (Phi) is 7.52. The molecular formula is C30H30N2O6S. The number of cyclic esters (lactones) is 1. The molecule has 0 radical (unpaired) electrons. The number of hydrogen-bond acceptors (Lipinski definition) is 7. The van der Waals surface area contributed by atoms with E-state index >= 15 is 0 Å². The molecule has 3 atom stereocenters. The van der Waals surface area contributed by atoms with Gasteiger partial charge in [-0.15, -0.1) is 0 Å². The van der Waals surface area contributed by atoms with E-state index in [-0.39, 0.29) is 22.3 Å². The normalized spacial score (nSPS) is 19.4. The Morgan fingerprint density at radius 1 is 1.05 bits per heavy atom. The van der Waals surface area contributed by atoms with Gasteiger partial charge in [0.15, 0.2) is 11.9 Å². The zero-order valence-electron chi connectivity index (χ0n) is 21.5. The number of carbonyl (C=O) groups is 2. The Balaban J connectivity index is 1.43. The summed E-state index contributed by atoms with van der Waals surface area (Å²) in [6.45, 7) is 1.93. The number of aliphatic hydroxyl groups excluding tert-OH is 1. The number of anilines is 1. The molecule has 1 saturated carbocycles. The predicted molar refractivity (Wildman–Crippen MR) is 145 cm³/mol. The number of aromatic nitrogens is 1. The zero-order chi connectivity index (χ0) is 27.6. The van der Waals surface area contributed by atoms with Crippen LogP contribution in [0.4, 0.5) is 5.69 Å². The monoisotopic (exact) mass is 546 g/mol. The number of ketones is 1. The van der Waals surface area contributed by atoms with Crippen LogP contribution in [0.2, 0.25) is 0 Å². The van der Waals surface area contributed by atoms with E-state index in [1.54, 1.807) is 24.3 Å². The van der Waals surface area contributed by atoms with Crippen molar-refractivity contribution in [1.82, 2.24) is 4.98 Å². The first kappa shape index (κ1) is 26.6. The van der Waals surface area contributed by atoms with Crippen LogP contribution in [0.3, 0.4) is 0 Å². The third kappa shape index (κ3) is 5.73. The summed E-state index contributed by atoms with van der Waals surface area (Å²) in [5.41, 5.74) is 1.87. The Bertz CT molecular complexity index is 1500. The lowest BCUT2D eigenvalue weighted by Gasteiger charge is -2.31. The number of ether oxygens (including phenoxy) is 1. The van der Waals surface area contributed by atoms with Gasteiger partial charge in [-0.05, 0) is 67.0 Å². The predicted octanol–water partition coefficient (Wildman–Crippen LogP) is 4.95. The van der Waals surface area contributed by atoms with Crippen molar-refractivity contribution in [3.05, 3.63) is 102 Å². The standard InChI is InChI=1S/C30H30N2O6S/c1-2-20(16-19-8-4-3-5-9-19)29-28(34)27(33)26(30(35)38-29)25(21-13-14-21)22-10-6-11-23(17-22)32-39(36,37)24-12-7-15-31-18-24/h3-12,15,17-18,20-21,25,29,32-33H,2,13-14,16H2,1H3. The van der Waals surface area contributed by atoms with Gasteiger partial charge in [-0.25, -0.2) is 13.2 Å². The highest BCUT2D eigenvalue weighted by molar-refractivity contribution is 7.92. The molecule has 5 rings (SSSR count). The molecule has 2 aromatic carbocycles. The first-order valence-corrected chi connectivity index (χ1v) is 14.5. The molecule has 1 aliphatic heterocycles. The maximum atomic E-state index is 13.4. The number of aliphatic hydroxyl groups is 1. The molecule has 0 bridgehead atoms. The van der Waals surface area contributed by atoms with Crippen LogP contribution in [0.1, 0.15) is 43.2 Å². The molecule has 0 amide bonds. The number of rotatable bonds is 10. The van der Waals surface area contributed by atoms with E-state index in [9.17, 15) is 23.1 Å². The second-order valence-corrected chi connectivity index (χ2v) is 11.7. The van der Waals surface area contributed by atoms with Crippen LogP contribution in [0.25, 0.3) is 0 Å². The fourth-order valence-corrected chi connectivity index (χ4v) is 6.20. The average Bonchev–Trinajstić information content (AvgIpc) is 3.78. The number of benzene rings is 2. The van der Waals surface area contributed by atoms with Crippen LogP contribution in [0.5, 0.6) is 0 Å². The molecule has 202 valence electrons. The third-order valence-electron chi connectivity index (χ3n) is 7.34. The van der Waals surface area contributed by atoms with Crippen molar-refractivity contribution in [2.45, 2.75) is 49.5 Å². The smallest absolute Gasteiger partial charge is 0.339 e. The molecule has 3 unspecified atom stereocenters. The van der Waals surface area contributed by atoms with Crippen LogP contribution in [0, 0.1) is 11.8 Å². The SMILES string of the molecule is CCC(Cc1ccccc1)C1OC(=O)C(C(c2cccc(NS(=O)(=O)c3cccnc3)c2)C2CC2)=C(O)C1=O. The average molecular weight is 547 g/mol. The van der Waals surface area contributed by atoms with Crippen LogP contribution >= 0.6 is 0 Å². The molecule has 39 heavy (non-hydrogen) atoms. The molecule has 0 saturated heterocycles. The van der Waals surface area contributed by atoms with Crippen molar-refractivity contribution in [2.75, 3.05) is 4.72 Å². The molecule has 2 N–H and O–H groups in total. The second kappa shape index (κ2) is 11.0. The highest BCUT2D eigenvalue weighted by Gasteiger charge is 2.47. The van der Waals surface area contributed by atoms with E-state index < -0.39 is 39.6 Å². The number of sulfonamides is 1. The second-order valence-electron chi connectivity index (χ2n) is 10.0. The Morgan fingerprint density at radius 3 is 2.49 bits per heavy atom. The minimum atomic E-state index is -3.88. The van der Waals surface area contributed by atoms with Gasteiger partial charge in [-0.1, -0.05) is 49.4 Å². The molecule has 3 aromatic rings. The quantitative estimate of drug-likeness (QED) is 0.345. The van der Waals surface area contributed by atoms with Crippen molar-refractivity contribution < 1.29 is 27.9 Å². The number of esters is 1. The van der Waals surface area contributed by atoms with Crippen molar-refractivity contribution in [2.24, 2.45) is 11.8 Å². The minimum Gasteiger partial charge on any atom is -0.504 e. The van der Waals surface area contributed by atoms with Crippen LogP contribution in [-0.2, 0) is 30.8 Å². The fraction of sp³-hybridized carbons (Fsp3) is 0.300. The number of nitrogens with zero attached hydrogens (tertiary/aromatic N) is 1. The van der Waals surface area contributed by atoms with Gasteiger partial charge < -0.3 is 9.84 Å². The topological polar surface area (TPSA) is 123 Å². The highest BCUT2D eigenvalue weighted by Crippen LogP contribution is 2.49. The van der Waals surface area contributed by atoms with E-state index in [2.05, 4.69) is 9.71 Å². The third-order valence-corrected chi connectivity index (χ3v) is 8.71. The Hall–Kier alpha value is -3.98. The summed E-state index contributed by atoms with van der Waals surface area (Å²) in [7, 11) is -3.88. The minimum absolute atomic E-state index is 0.0166. The number of pyridine rings is 1. The van der Waals surface area contributed by atoms with Gasteiger partial charge in [-0.2, -0.15) is 0 Å². The molecule has 0 spiro atoms. The van der Waals surface area contributed by atoms with Gasteiger partial charge in [0.1, 0.15) is 4.90 Å². The fourth-order valence-electron chi connectivity index (χ4n) is 5.18. The summed E-state index contributed by atoms with van der Waals surface area (Å²) in [5, 5.41) is 11.1. The zero-order valence-corrected chi connectivity index (χ0v) is 22.3. The number of Topliss-reactive ketones (excluding diaryl/α,β-unsaturated/α-hetero) is 1. The van der Waals surface area contributed by atoms with Crippen molar-refractivity contribution in [3.8, 4) is 0 Å². The van der Waals surface area contributed by atoms with E-state index in [0.717, 1.165) is 18.4 Å². The molecule has 1 aromatic heterocycles. The van der Waals surface area contributed by atoms with Gasteiger partial charge >= 0.3 is 5.97 Å². The summed E-state index contributed by atoms with van der Waals surface area (Å²) in [4.78, 5) is 30.6.